The summed E-state index contributed by atoms with van der Waals surface area (Å²) in [5.41, 5.74) is 7.58. The molecule has 0 bridgehead atoms. The van der Waals surface area contributed by atoms with Gasteiger partial charge in [0.1, 0.15) is 5.69 Å². The normalized spacial score (nSPS) is 24.1. The number of nitro groups is 1. The first-order valence-corrected chi connectivity index (χ1v) is 6.27. The van der Waals surface area contributed by atoms with Gasteiger partial charge in [-0.3, -0.25) is 10.1 Å². The summed E-state index contributed by atoms with van der Waals surface area (Å²) in [5, 5.41) is 11.2. The molecule has 1 aliphatic rings. The molecule has 1 fully saturated rings. The van der Waals surface area contributed by atoms with Crippen molar-refractivity contribution in [1.82, 2.24) is 0 Å². The topological polar surface area (TPSA) is 72.4 Å². The van der Waals surface area contributed by atoms with Crippen LogP contribution in [0.5, 0.6) is 0 Å². The Labute approximate surface area is 107 Å². The quantitative estimate of drug-likeness (QED) is 0.644. The van der Waals surface area contributed by atoms with E-state index >= 15 is 0 Å². The smallest absolute Gasteiger partial charge is 0.295 e. The van der Waals surface area contributed by atoms with Crippen molar-refractivity contribution >= 4 is 11.4 Å². The number of aryl methyl sites for hydroxylation is 1. The minimum Gasteiger partial charge on any atom is -0.363 e. The van der Waals surface area contributed by atoms with Gasteiger partial charge in [-0.15, -0.1) is 0 Å². The van der Waals surface area contributed by atoms with Crippen LogP contribution >= 0.6 is 0 Å². The Bertz CT molecular complexity index is 462. The molecule has 2 unspecified atom stereocenters. The van der Waals surface area contributed by atoms with Crippen molar-refractivity contribution in [2.24, 2.45) is 5.73 Å². The molecule has 2 N–H and O–H groups in total. The maximum absolute atomic E-state index is 11.2. The van der Waals surface area contributed by atoms with Crippen LogP contribution < -0.4 is 10.6 Å². The van der Waals surface area contributed by atoms with Crippen LogP contribution in [0.25, 0.3) is 0 Å². The molecule has 0 saturated carbocycles. The van der Waals surface area contributed by atoms with Crippen LogP contribution in [-0.2, 0) is 0 Å². The van der Waals surface area contributed by atoms with E-state index in [0.29, 0.717) is 5.56 Å². The Balaban J connectivity index is 2.39. The summed E-state index contributed by atoms with van der Waals surface area (Å²) in [7, 11) is 0. The zero-order valence-electron chi connectivity index (χ0n) is 10.8. The van der Waals surface area contributed by atoms with Crippen molar-refractivity contribution in [3.63, 3.8) is 0 Å². The summed E-state index contributed by atoms with van der Waals surface area (Å²) in [6.45, 7) is 4.64. The van der Waals surface area contributed by atoms with Gasteiger partial charge in [0.15, 0.2) is 0 Å². The molecule has 18 heavy (non-hydrogen) atoms. The molecule has 0 spiro atoms. The van der Waals surface area contributed by atoms with Gasteiger partial charge in [0.05, 0.1) is 4.92 Å². The highest BCUT2D eigenvalue weighted by atomic mass is 16.6. The summed E-state index contributed by atoms with van der Waals surface area (Å²) >= 11 is 0. The van der Waals surface area contributed by atoms with Crippen molar-refractivity contribution in [1.29, 1.82) is 0 Å². The average Bonchev–Trinajstić information content (AvgIpc) is 2.28. The molecule has 2 rings (SSSR count). The molecule has 2 atom stereocenters. The maximum Gasteiger partial charge on any atom is 0.295 e. The van der Waals surface area contributed by atoms with E-state index in [1.165, 1.54) is 0 Å². The fraction of sp³-hybridized carbons (Fsp3) is 0.538. The van der Waals surface area contributed by atoms with E-state index in [1.54, 1.807) is 13.0 Å². The van der Waals surface area contributed by atoms with Gasteiger partial charge in [0.25, 0.3) is 5.69 Å². The van der Waals surface area contributed by atoms with Crippen molar-refractivity contribution in [3.05, 3.63) is 33.9 Å². The zero-order valence-corrected chi connectivity index (χ0v) is 10.8. The van der Waals surface area contributed by atoms with Crippen molar-refractivity contribution in [3.8, 4) is 0 Å². The minimum absolute atomic E-state index is 0.208. The van der Waals surface area contributed by atoms with Crippen LogP contribution in [0.2, 0.25) is 0 Å². The van der Waals surface area contributed by atoms with Gasteiger partial charge in [-0.25, -0.2) is 0 Å². The Hall–Kier alpha value is -1.62. The van der Waals surface area contributed by atoms with Crippen LogP contribution in [-0.4, -0.2) is 23.6 Å². The van der Waals surface area contributed by atoms with Gasteiger partial charge in [-0.1, -0.05) is 12.1 Å². The van der Waals surface area contributed by atoms with E-state index in [4.69, 9.17) is 5.73 Å². The first-order valence-electron chi connectivity index (χ1n) is 6.27. The number of hydrogen-bond donors (Lipinski definition) is 1. The summed E-state index contributed by atoms with van der Waals surface area (Å²) < 4.78 is 0. The number of anilines is 1. The predicted molar refractivity (Wildman–Crippen MR) is 71.9 cm³/mol. The third-order valence-corrected chi connectivity index (χ3v) is 3.63. The molecule has 1 aromatic carbocycles. The van der Waals surface area contributed by atoms with E-state index in [-0.39, 0.29) is 22.7 Å². The number of rotatable bonds is 2. The number of nitro benzene ring substituents is 1. The summed E-state index contributed by atoms with van der Waals surface area (Å²) in [4.78, 5) is 13.0. The lowest BCUT2D eigenvalue weighted by molar-refractivity contribution is -0.384. The molecule has 5 nitrogen and oxygen atoms in total. The Morgan fingerprint density at radius 1 is 1.50 bits per heavy atom. The summed E-state index contributed by atoms with van der Waals surface area (Å²) in [5.74, 6) is 0. The number of para-hydroxylation sites is 1. The standard InChI is InChI=1S/C13H19N3O2/c1-9-4-3-5-12(13(9)16(17)18)15-7-6-11(14)8-10(15)2/h3-5,10-11H,6-8,14H2,1-2H3. The Morgan fingerprint density at radius 2 is 2.22 bits per heavy atom. The molecule has 1 heterocycles. The van der Waals surface area contributed by atoms with Gasteiger partial charge >= 0.3 is 0 Å². The molecule has 1 saturated heterocycles. The highest BCUT2D eigenvalue weighted by Crippen LogP contribution is 2.34. The molecule has 5 heteroatoms. The molecule has 0 amide bonds. The van der Waals surface area contributed by atoms with Crippen LogP contribution in [0.1, 0.15) is 25.3 Å². The Kier molecular flexibility index (Phi) is 3.52. The third kappa shape index (κ3) is 2.31. The zero-order chi connectivity index (χ0) is 13.3. The van der Waals surface area contributed by atoms with Crippen LogP contribution in [0.15, 0.2) is 18.2 Å². The van der Waals surface area contributed by atoms with E-state index in [0.717, 1.165) is 25.1 Å². The lowest BCUT2D eigenvalue weighted by Gasteiger charge is -2.37. The summed E-state index contributed by atoms with van der Waals surface area (Å²) in [6.07, 6.45) is 1.76. The van der Waals surface area contributed by atoms with Crippen molar-refractivity contribution < 1.29 is 4.92 Å². The average molecular weight is 249 g/mol. The maximum atomic E-state index is 11.2. The number of benzene rings is 1. The van der Waals surface area contributed by atoms with Crippen molar-refractivity contribution in [2.45, 2.75) is 38.8 Å². The molecule has 0 radical (unpaired) electrons. The minimum atomic E-state index is -0.286. The van der Waals surface area contributed by atoms with E-state index in [1.807, 2.05) is 12.1 Å². The monoisotopic (exact) mass is 249 g/mol. The van der Waals surface area contributed by atoms with Crippen LogP contribution in [0.3, 0.4) is 0 Å². The lowest BCUT2D eigenvalue weighted by atomic mass is 9.97. The summed E-state index contributed by atoms with van der Waals surface area (Å²) in [6, 6.07) is 5.94. The largest absolute Gasteiger partial charge is 0.363 e. The molecule has 1 aliphatic heterocycles. The lowest BCUT2D eigenvalue weighted by Crippen LogP contribution is -2.45. The molecule has 0 aromatic heterocycles. The fourth-order valence-electron chi connectivity index (χ4n) is 2.68. The van der Waals surface area contributed by atoms with Gasteiger partial charge in [0, 0.05) is 24.2 Å². The third-order valence-electron chi connectivity index (χ3n) is 3.63. The van der Waals surface area contributed by atoms with Crippen LogP contribution in [0.4, 0.5) is 11.4 Å². The highest BCUT2D eigenvalue weighted by molar-refractivity contribution is 5.67. The first kappa shape index (κ1) is 12.8. The number of hydrogen-bond acceptors (Lipinski definition) is 4. The number of nitrogens with two attached hydrogens (primary N) is 1. The second kappa shape index (κ2) is 4.94. The van der Waals surface area contributed by atoms with Gasteiger partial charge in [0.2, 0.25) is 0 Å². The van der Waals surface area contributed by atoms with Crippen LogP contribution in [0, 0.1) is 17.0 Å². The molecule has 98 valence electrons. The number of nitrogens with zero attached hydrogens (tertiary/aromatic N) is 2. The van der Waals surface area contributed by atoms with E-state index in [2.05, 4.69) is 11.8 Å². The number of piperidine rings is 1. The Morgan fingerprint density at radius 3 is 2.83 bits per heavy atom. The molecule has 0 aliphatic carbocycles. The van der Waals surface area contributed by atoms with Gasteiger partial charge in [-0.2, -0.15) is 0 Å². The van der Waals surface area contributed by atoms with Gasteiger partial charge in [-0.05, 0) is 32.8 Å². The first-order chi connectivity index (χ1) is 8.50. The second-order valence-electron chi connectivity index (χ2n) is 5.03. The van der Waals surface area contributed by atoms with Crippen molar-refractivity contribution in [2.75, 3.05) is 11.4 Å². The SMILES string of the molecule is Cc1cccc(N2CCC(N)CC2C)c1[N+](=O)[O-]. The second-order valence-corrected chi connectivity index (χ2v) is 5.03. The van der Waals surface area contributed by atoms with E-state index < -0.39 is 0 Å². The predicted octanol–water partition coefficient (Wildman–Crippen LogP) is 2.22. The molecule has 1 aromatic rings. The highest BCUT2D eigenvalue weighted by Gasteiger charge is 2.29. The van der Waals surface area contributed by atoms with E-state index in [9.17, 15) is 10.1 Å². The van der Waals surface area contributed by atoms with Gasteiger partial charge < -0.3 is 10.6 Å². The molecular formula is C13H19N3O2. The molecular weight excluding hydrogens is 230 g/mol. The fourth-order valence-corrected chi connectivity index (χ4v) is 2.68.